The van der Waals surface area contributed by atoms with E-state index in [0.29, 0.717) is 23.0 Å². The maximum Gasteiger partial charge on any atom is 0.490 e. The summed E-state index contributed by atoms with van der Waals surface area (Å²) in [6.07, 6.45) is -7.93. The second-order valence-corrected chi connectivity index (χ2v) is 9.93. The number of nitrogens with one attached hydrogen (secondary N) is 1. The van der Waals surface area contributed by atoms with Crippen molar-refractivity contribution in [2.24, 2.45) is 0 Å². The predicted octanol–water partition coefficient (Wildman–Crippen LogP) is 6.15. The van der Waals surface area contributed by atoms with Crippen molar-refractivity contribution in [1.82, 2.24) is 4.90 Å². The van der Waals surface area contributed by atoms with Crippen LogP contribution in [-0.2, 0) is 16.1 Å². The molecule has 1 aliphatic heterocycles. The Hall–Kier alpha value is -4.86. The van der Waals surface area contributed by atoms with Gasteiger partial charge in [-0.15, -0.1) is 0 Å². The number of hydrogen-bond donors (Lipinski definition) is 4. The molecule has 0 aliphatic carbocycles. The van der Waals surface area contributed by atoms with E-state index in [0.717, 1.165) is 43.7 Å². The minimum Gasteiger partial charge on any atom is -0.508 e. The minimum absolute atomic E-state index is 0.292. The molecule has 0 radical (unpaired) electrons. The summed E-state index contributed by atoms with van der Waals surface area (Å²) in [5.41, 5.74) is 3.16. The van der Waals surface area contributed by atoms with Gasteiger partial charge >= 0.3 is 24.3 Å². The number of alkyl halides is 6. The van der Waals surface area contributed by atoms with Crippen molar-refractivity contribution < 1.29 is 60.4 Å². The molecule has 1 heterocycles. The van der Waals surface area contributed by atoms with Crippen molar-refractivity contribution in [1.29, 1.82) is 0 Å². The van der Waals surface area contributed by atoms with Crippen LogP contribution in [0.5, 0.6) is 5.75 Å². The molecule has 1 fully saturated rings. The third kappa shape index (κ3) is 12.6. The molecule has 4 N–H and O–H groups in total. The normalized spacial score (nSPS) is 14.9. The maximum absolute atomic E-state index is 13.4. The van der Waals surface area contributed by atoms with Crippen LogP contribution in [0.15, 0.2) is 72.8 Å². The number of carboxylic acid groups (broad SMARTS) is 2. The molecule has 1 aliphatic rings. The third-order valence-electron chi connectivity index (χ3n) is 6.45. The van der Waals surface area contributed by atoms with E-state index in [1.165, 1.54) is 18.2 Å². The lowest BCUT2D eigenvalue weighted by Gasteiger charge is -2.38. The lowest BCUT2D eigenvalue weighted by Crippen LogP contribution is -2.46. The smallest absolute Gasteiger partial charge is 0.490 e. The number of aliphatic carboxylic acids is 2. The first kappa shape index (κ1) is 37.3. The van der Waals surface area contributed by atoms with Gasteiger partial charge in [0.25, 0.3) is 5.91 Å². The minimum atomic E-state index is -5.08. The molecule has 3 aromatic carbocycles. The number of likely N-dealkylation sites (tertiary alicyclic amines) is 1. The molecule has 0 aromatic heterocycles. The first-order chi connectivity index (χ1) is 21.4. The van der Waals surface area contributed by atoms with Crippen molar-refractivity contribution in [2.75, 3.05) is 30.4 Å². The summed E-state index contributed by atoms with van der Waals surface area (Å²) in [5.74, 6) is -5.97. The van der Waals surface area contributed by atoms with Crippen LogP contribution in [0.2, 0.25) is 0 Å². The summed E-state index contributed by atoms with van der Waals surface area (Å²) in [6.45, 7) is 2.82. The number of amides is 1. The number of phenolic OH excluding ortho intramolecular Hbond substituents is 1. The fourth-order valence-electron chi connectivity index (χ4n) is 4.23. The van der Waals surface area contributed by atoms with E-state index in [9.17, 15) is 40.6 Å². The zero-order valence-corrected chi connectivity index (χ0v) is 24.1. The van der Waals surface area contributed by atoms with Gasteiger partial charge < -0.3 is 25.5 Å². The number of anilines is 2. The van der Waals surface area contributed by atoms with Crippen molar-refractivity contribution >= 4 is 29.2 Å². The highest BCUT2D eigenvalue weighted by Gasteiger charge is 2.38. The molecular formula is C30H30F7N3O6. The van der Waals surface area contributed by atoms with Crippen molar-refractivity contribution in [3.8, 4) is 5.75 Å². The van der Waals surface area contributed by atoms with Gasteiger partial charge in [-0.25, -0.2) is 14.0 Å². The standard InChI is InChI=1S/C26H28FN3O2.2C2HF3O2/c1-29(24-8-4-14-30(18-24)17-19-5-2-9-25(31)15-19)23-12-10-22(11-13-23)28-26(32)20-6-3-7-21(27)16-20;2*3-2(4,5)1(6)7/h2-3,5-7,9-13,15-16,24,31H,4,8,14,17-18H2,1H3,(H,28,32);2*(H,6,7). The first-order valence-electron chi connectivity index (χ1n) is 13.4. The van der Waals surface area contributed by atoms with E-state index in [-0.39, 0.29) is 5.91 Å². The Morgan fingerprint density at radius 2 is 1.46 bits per heavy atom. The molecule has 250 valence electrons. The second kappa shape index (κ2) is 16.5. The predicted molar refractivity (Wildman–Crippen MR) is 153 cm³/mol. The number of likely N-dealkylation sites (N-methyl/N-ethyl adjacent to an activating group) is 1. The van der Waals surface area contributed by atoms with Crippen LogP contribution in [-0.4, -0.2) is 76.6 Å². The number of carboxylic acids is 2. The van der Waals surface area contributed by atoms with Crippen LogP contribution in [0.3, 0.4) is 0 Å². The lowest BCUT2D eigenvalue weighted by atomic mass is 10.0. The van der Waals surface area contributed by atoms with Gasteiger partial charge in [0.1, 0.15) is 11.6 Å². The summed E-state index contributed by atoms with van der Waals surface area (Å²) in [4.78, 5) is 34.8. The second-order valence-electron chi connectivity index (χ2n) is 9.93. The van der Waals surface area contributed by atoms with Gasteiger partial charge in [-0.05, 0) is 79.5 Å². The average molecular weight is 662 g/mol. The average Bonchev–Trinajstić information content (AvgIpc) is 2.97. The Bertz CT molecular complexity index is 1440. The largest absolute Gasteiger partial charge is 0.508 e. The van der Waals surface area contributed by atoms with E-state index in [4.69, 9.17) is 19.8 Å². The van der Waals surface area contributed by atoms with Crippen LogP contribution in [0.4, 0.5) is 42.1 Å². The molecule has 1 atom stereocenters. The molecule has 46 heavy (non-hydrogen) atoms. The number of aromatic hydroxyl groups is 1. The Kier molecular flexibility index (Phi) is 13.3. The molecule has 9 nitrogen and oxygen atoms in total. The summed E-state index contributed by atoms with van der Waals surface area (Å²) in [7, 11) is 2.10. The Labute approximate surface area is 258 Å². The highest BCUT2D eigenvalue weighted by molar-refractivity contribution is 6.04. The number of halogens is 7. The topological polar surface area (TPSA) is 130 Å². The van der Waals surface area contributed by atoms with E-state index in [1.54, 1.807) is 12.1 Å². The number of hydrogen-bond acceptors (Lipinski definition) is 6. The van der Waals surface area contributed by atoms with Crippen LogP contribution < -0.4 is 10.2 Å². The van der Waals surface area contributed by atoms with E-state index in [1.807, 2.05) is 42.5 Å². The number of phenols is 1. The summed E-state index contributed by atoms with van der Waals surface area (Å²) in [6, 6.07) is 21.2. The Balaban J connectivity index is 0.000000440. The Morgan fingerprint density at radius 1 is 0.891 bits per heavy atom. The van der Waals surface area contributed by atoms with Gasteiger partial charge in [0.05, 0.1) is 0 Å². The molecular weight excluding hydrogens is 631 g/mol. The van der Waals surface area contributed by atoms with Crippen molar-refractivity contribution in [3.05, 3.63) is 89.7 Å². The van der Waals surface area contributed by atoms with Crippen LogP contribution >= 0.6 is 0 Å². The van der Waals surface area contributed by atoms with Crippen LogP contribution in [0.25, 0.3) is 0 Å². The fraction of sp³-hybridized carbons (Fsp3) is 0.300. The summed E-state index contributed by atoms with van der Waals surface area (Å²) < 4.78 is 76.8. The number of benzene rings is 3. The SMILES string of the molecule is CN(c1ccc(NC(=O)c2cccc(F)c2)cc1)C1CCCN(Cc2cccc(O)c2)C1.O=C(O)C(F)(F)F.O=C(O)C(F)(F)F. The molecule has 4 rings (SSSR count). The van der Waals surface area contributed by atoms with E-state index < -0.39 is 30.1 Å². The number of rotatable bonds is 6. The highest BCUT2D eigenvalue weighted by Crippen LogP contribution is 2.25. The molecule has 1 unspecified atom stereocenters. The van der Waals surface area contributed by atoms with Crippen molar-refractivity contribution in [3.63, 3.8) is 0 Å². The lowest BCUT2D eigenvalue weighted by molar-refractivity contribution is -0.193. The monoisotopic (exact) mass is 661 g/mol. The molecule has 0 bridgehead atoms. The van der Waals surface area contributed by atoms with Crippen LogP contribution in [0.1, 0.15) is 28.8 Å². The third-order valence-corrected chi connectivity index (χ3v) is 6.45. The zero-order valence-electron chi connectivity index (χ0n) is 24.1. The maximum atomic E-state index is 13.4. The first-order valence-corrected chi connectivity index (χ1v) is 13.4. The number of carbonyl (C=O) groups excluding carboxylic acids is 1. The van der Waals surface area contributed by atoms with Crippen LogP contribution in [0, 0.1) is 5.82 Å². The fourth-order valence-corrected chi connectivity index (χ4v) is 4.23. The van der Waals surface area contributed by atoms with Gasteiger partial charge in [0.15, 0.2) is 0 Å². The zero-order chi connectivity index (χ0) is 34.7. The quantitative estimate of drug-likeness (QED) is 0.232. The van der Waals surface area contributed by atoms with Gasteiger partial charge in [0, 0.05) is 43.1 Å². The van der Waals surface area contributed by atoms with Crippen molar-refractivity contribution in [2.45, 2.75) is 37.8 Å². The molecule has 3 aromatic rings. The molecule has 0 spiro atoms. The molecule has 1 amide bonds. The van der Waals surface area contributed by atoms with Gasteiger partial charge in [0.2, 0.25) is 0 Å². The number of carbonyl (C=O) groups is 3. The molecule has 16 heteroatoms. The van der Waals surface area contributed by atoms with Gasteiger partial charge in [-0.2, -0.15) is 26.3 Å². The number of nitrogens with zero attached hydrogens (tertiary/aromatic N) is 2. The molecule has 0 saturated carbocycles. The summed E-state index contributed by atoms with van der Waals surface area (Å²) in [5, 5.41) is 26.8. The van der Waals surface area contributed by atoms with E-state index in [2.05, 4.69) is 22.2 Å². The van der Waals surface area contributed by atoms with Gasteiger partial charge in [-0.1, -0.05) is 18.2 Å². The van der Waals surface area contributed by atoms with E-state index >= 15 is 0 Å². The Morgan fingerprint density at radius 3 is 1.98 bits per heavy atom. The summed E-state index contributed by atoms with van der Waals surface area (Å²) >= 11 is 0. The molecule has 1 saturated heterocycles. The highest BCUT2D eigenvalue weighted by atomic mass is 19.4. The number of piperidine rings is 1. The van der Waals surface area contributed by atoms with Gasteiger partial charge in [-0.3, -0.25) is 9.69 Å².